The van der Waals surface area contributed by atoms with Crippen molar-refractivity contribution >= 4 is 45.7 Å². The van der Waals surface area contributed by atoms with Crippen LogP contribution in [-0.4, -0.2) is 43.5 Å². The highest BCUT2D eigenvalue weighted by molar-refractivity contribution is 14.2. The van der Waals surface area contributed by atoms with Gasteiger partial charge in [-0.1, -0.05) is 19.9 Å². The number of carbonyl (C=O) groups excluding carboxylic acids is 1. The Labute approximate surface area is 207 Å². The Kier molecular flexibility index (Phi) is 7.29. The highest BCUT2D eigenvalue weighted by Crippen LogP contribution is 2.39. The molecule has 0 fully saturated rings. The summed E-state index contributed by atoms with van der Waals surface area (Å²) in [7, 11) is 1.37. The van der Waals surface area contributed by atoms with E-state index in [0.717, 1.165) is 35.7 Å². The number of imidazole rings is 1. The van der Waals surface area contributed by atoms with Crippen molar-refractivity contribution in [2.75, 3.05) is 18.6 Å². The van der Waals surface area contributed by atoms with Gasteiger partial charge < -0.3 is 14.0 Å². The molecule has 5 rings (SSSR count). The average molecular weight is 576 g/mol. The second kappa shape index (κ2) is 10.2. The topological polar surface area (TPSA) is 77.5 Å². The van der Waals surface area contributed by atoms with Gasteiger partial charge in [0.05, 0.1) is 35.9 Å². The largest absolute Gasteiger partial charge is 0.465 e. The predicted molar refractivity (Wildman–Crippen MR) is 140 cm³/mol. The van der Waals surface area contributed by atoms with Crippen molar-refractivity contribution in [3.63, 3.8) is 0 Å². The van der Waals surface area contributed by atoms with Crippen LogP contribution < -0.4 is 4.90 Å². The van der Waals surface area contributed by atoms with Crippen molar-refractivity contribution in [1.29, 1.82) is 0 Å². The molecular weight excluding hydrogens is 550 g/mol. The molecule has 2 unspecified atom stereocenters. The molecule has 0 N–H and O–H groups in total. The van der Waals surface area contributed by atoms with Crippen LogP contribution in [0.25, 0.3) is 5.52 Å². The first-order valence-corrected chi connectivity index (χ1v) is 14.9. The van der Waals surface area contributed by atoms with E-state index in [0.29, 0.717) is 11.9 Å². The van der Waals surface area contributed by atoms with Gasteiger partial charge in [-0.05, 0) is 58.8 Å². The lowest BCUT2D eigenvalue weighted by molar-refractivity contribution is 0.0600. The maximum absolute atomic E-state index is 11.8. The van der Waals surface area contributed by atoms with E-state index < -0.39 is 5.97 Å². The van der Waals surface area contributed by atoms with E-state index in [9.17, 15) is 4.79 Å². The number of methoxy groups -OCH3 is 1. The second-order valence-corrected chi connectivity index (χ2v) is 9.46. The smallest absolute Gasteiger partial charge is 0.339 e. The minimum absolute atomic E-state index is 0.159. The molecule has 33 heavy (non-hydrogen) atoms. The molecule has 5 heterocycles. The summed E-state index contributed by atoms with van der Waals surface area (Å²) in [5, 5.41) is 4.89. The van der Waals surface area contributed by atoms with E-state index >= 15 is 0 Å². The van der Waals surface area contributed by atoms with Gasteiger partial charge in [-0.15, -0.1) is 0 Å². The predicted octanol–water partition coefficient (Wildman–Crippen LogP) is 4.99. The average Bonchev–Trinajstić information content (AvgIpc) is 3.49. The van der Waals surface area contributed by atoms with Gasteiger partial charge in [-0.3, -0.25) is 0 Å². The fourth-order valence-corrected chi connectivity index (χ4v) is 5.77. The number of ether oxygens (including phenoxy) is 1. The van der Waals surface area contributed by atoms with Gasteiger partial charge >= 0.3 is 5.97 Å². The molecule has 2 atom stereocenters. The van der Waals surface area contributed by atoms with E-state index in [2.05, 4.69) is 55.3 Å². The van der Waals surface area contributed by atoms with Crippen LogP contribution in [0.2, 0.25) is 0 Å². The van der Waals surface area contributed by atoms with E-state index in [-0.39, 0.29) is 6.04 Å². The Bertz CT molecular complexity index is 1270. The molecular formula is C23H26IN6O2P. The van der Waals surface area contributed by atoms with Gasteiger partial charge in [-0.25, -0.2) is 19.3 Å². The number of rotatable bonds is 4. The zero-order valence-electron chi connectivity index (χ0n) is 19.0. The third kappa shape index (κ3) is 4.36. The number of fused-ring (bicyclic) bond motifs is 2. The minimum atomic E-state index is -0.394. The number of esters is 1. The van der Waals surface area contributed by atoms with Crippen LogP contribution in [0.4, 0.5) is 5.82 Å². The lowest BCUT2D eigenvalue weighted by atomic mass is 9.99. The zero-order chi connectivity index (χ0) is 23.5. The maximum atomic E-state index is 11.8. The normalized spacial score (nSPS) is 15.4. The Morgan fingerprint density at radius 1 is 1.24 bits per heavy atom. The first-order valence-electron chi connectivity index (χ1n) is 10.8. The summed E-state index contributed by atoms with van der Waals surface area (Å²) in [6, 6.07) is 9.68. The molecule has 0 saturated heterocycles. The van der Waals surface area contributed by atoms with E-state index in [1.54, 1.807) is 12.3 Å². The number of aromatic nitrogens is 5. The third-order valence-electron chi connectivity index (χ3n) is 5.63. The molecule has 0 amide bonds. The van der Waals surface area contributed by atoms with Crippen LogP contribution in [0, 0.1) is 6.92 Å². The number of nitrogens with zero attached hydrogens (tertiary/aromatic N) is 6. The van der Waals surface area contributed by atoms with Crippen LogP contribution in [0.3, 0.4) is 0 Å². The molecule has 0 aromatic carbocycles. The lowest BCUT2D eigenvalue weighted by Gasteiger charge is -2.35. The Balaban J connectivity index is 0.00000126. The molecule has 1 aliphatic rings. The van der Waals surface area contributed by atoms with Crippen LogP contribution in [0.5, 0.6) is 0 Å². The number of hydrogen-bond donors (Lipinski definition) is 0. The molecule has 172 valence electrons. The first kappa shape index (κ1) is 23.6. The summed E-state index contributed by atoms with van der Waals surface area (Å²) in [5.41, 5.74) is 5.86. The highest BCUT2D eigenvalue weighted by atomic mass is 127. The highest BCUT2D eigenvalue weighted by Gasteiger charge is 2.35. The summed E-state index contributed by atoms with van der Waals surface area (Å²) in [6.45, 7) is 6.87. The molecule has 4 aromatic rings. The number of carbonyl (C=O) groups is 1. The third-order valence-corrected chi connectivity index (χ3v) is 7.75. The van der Waals surface area contributed by atoms with Crippen molar-refractivity contribution in [1.82, 2.24) is 23.9 Å². The van der Waals surface area contributed by atoms with Gasteiger partial charge in [0, 0.05) is 37.4 Å². The number of aryl methyl sites for hydroxylation is 1. The fourth-order valence-electron chi connectivity index (χ4n) is 4.09. The molecule has 0 bridgehead atoms. The Morgan fingerprint density at radius 2 is 2.06 bits per heavy atom. The van der Waals surface area contributed by atoms with Gasteiger partial charge in [0.25, 0.3) is 0 Å². The van der Waals surface area contributed by atoms with E-state index in [4.69, 9.17) is 14.8 Å². The fraction of sp³-hybridized carbons (Fsp3) is 0.304. The minimum Gasteiger partial charge on any atom is -0.465 e. The lowest BCUT2D eigenvalue weighted by Crippen LogP contribution is -2.37. The number of hydrogen-bond acceptors (Lipinski definition) is 6. The Hall–Kier alpha value is -2.52. The van der Waals surface area contributed by atoms with Crippen LogP contribution >= 0.6 is 28.4 Å². The zero-order valence-corrected chi connectivity index (χ0v) is 22.1. The summed E-state index contributed by atoms with van der Waals surface area (Å²) in [6.07, 6.45) is 6.91. The molecule has 0 radical (unpaired) electrons. The summed E-state index contributed by atoms with van der Waals surface area (Å²) < 4.78 is 8.94. The number of pyridine rings is 2. The number of anilines is 1. The summed E-state index contributed by atoms with van der Waals surface area (Å²) >= 11 is 2.38. The SMILES string of the molecule is CC.COC(=O)c1ccc(N2CCc3c(ncn3PI)C2c2cc3c(C)cccn3n2)nc1. The Morgan fingerprint density at radius 3 is 2.73 bits per heavy atom. The van der Waals surface area contributed by atoms with Crippen molar-refractivity contribution in [2.45, 2.75) is 33.2 Å². The molecule has 0 aliphatic carbocycles. The molecule has 0 spiro atoms. The molecule has 10 heteroatoms. The van der Waals surface area contributed by atoms with Gasteiger partial charge in [0.2, 0.25) is 0 Å². The second-order valence-electron chi connectivity index (χ2n) is 7.36. The van der Waals surface area contributed by atoms with Gasteiger partial charge in [0.1, 0.15) is 11.9 Å². The first-order chi connectivity index (χ1) is 16.1. The standard InChI is InChI=1S/C21H20IN6O2P.C2H6/c1-13-4-3-8-27-17(13)10-15(25-27)20-19-16(28(31-22)12-24-19)7-9-26(20)18-6-5-14(11-23-18)21(29)30-2;1-2/h3-6,8,10-12,20,31H,7,9H2,1-2H3;1-2H3. The van der Waals surface area contributed by atoms with Gasteiger partial charge in [-0.2, -0.15) is 5.10 Å². The van der Waals surface area contributed by atoms with E-state index in [1.807, 2.05) is 43.0 Å². The summed E-state index contributed by atoms with van der Waals surface area (Å²) in [4.78, 5) is 23.4. The van der Waals surface area contributed by atoms with Crippen molar-refractivity contribution < 1.29 is 9.53 Å². The van der Waals surface area contributed by atoms with Crippen LogP contribution in [0.1, 0.15) is 52.9 Å². The maximum Gasteiger partial charge on any atom is 0.339 e. The summed E-state index contributed by atoms with van der Waals surface area (Å²) in [5.74, 6) is 0.387. The van der Waals surface area contributed by atoms with Crippen LogP contribution in [0.15, 0.2) is 49.1 Å². The van der Waals surface area contributed by atoms with Gasteiger partial charge in [0.15, 0.2) is 0 Å². The molecule has 0 saturated carbocycles. The molecule has 1 aliphatic heterocycles. The van der Waals surface area contributed by atoms with Crippen molar-refractivity contribution in [2.24, 2.45) is 0 Å². The van der Waals surface area contributed by atoms with Crippen molar-refractivity contribution in [3.05, 3.63) is 77.3 Å². The number of halogens is 1. The monoisotopic (exact) mass is 576 g/mol. The quantitative estimate of drug-likeness (QED) is 0.194. The van der Waals surface area contributed by atoms with Crippen LogP contribution in [-0.2, 0) is 11.2 Å². The van der Waals surface area contributed by atoms with Crippen molar-refractivity contribution in [3.8, 4) is 0 Å². The molecule has 4 aromatic heterocycles. The molecule has 8 nitrogen and oxygen atoms in total. The van der Waals surface area contributed by atoms with E-state index in [1.165, 1.54) is 18.4 Å².